The second kappa shape index (κ2) is 3.78. The molecule has 0 aliphatic rings. The maximum Gasteiger partial charge on any atom is 0.133 e. The maximum absolute atomic E-state index is 9.35. The molecule has 0 amide bonds. The van der Waals surface area contributed by atoms with Gasteiger partial charge in [0.2, 0.25) is 0 Å². The third-order valence-corrected chi connectivity index (χ3v) is 2.19. The highest BCUT2D eigenvalue weighted by molar-refractivity contribution is 9.10. The summed E-state index contributed by atoms with van der Waals surface area (Å²) in [5.41, 5.74) is 6.07. The predicted molar refractivity (Wildman–Crippen MR) is 50.3 cm³/mol. The van der Waals surface area contributed by atoms with E-state index in [-0.39, 0.29) is 5.75 Å². The number of hydrogen-bond donors (Lipinski definition) is 2. The van der Waals surface area contributed by atoms with E-state index in [1.165, 1.54) is 0 Å². The van der Waals surface area contributed by atoms with Gasteiger partial charge in [-0.1, -0.05) is 0 Å². The van der Waals surface area contributed by atoms with E-state index in [0.717, 1.165) is 4.47 Å². The lowest BCUT2D eigenvalue weighted by Gasteiger charge is -2.07. The molecule has 12 heavy (non-hydrogen) atoms. The molecule has 0 aromatic heterocycles. The Kier molecular flexibility index (Phi) is 2.94. The Hall–Kier alpha value is -0.740. The summed E-state index contributed by atoms with van der Waals surface area (Å²) in [5, 5.41) is 9.35. The zero-order valence-corrected chi connectivity index (χ0v) is 8.26. The first-order valence-corrected chi connectivity index (χ1v) is 4.23. The number of hydrogen-bond acceptors (Lipinski definition) is 3. The van der Waals surface area contributed by atoms with Crippen LogP contribution in [-0.2, 0) is 6.54 Å². The summed E-state index contributed by atoms with van der Waals surface area (Å²) in [7, 11) is 1.57. The zero-order valence-electron chi connectivity index (χ0n) is 6.67. The monoisotopic (exact) mass is 231 g/mol. The lowest BCUT2D eigenvalue weighted by Crippen LogP contribution is -1.97. The van der Waals surface area contributed by atoms with Crippen molar-refractivity contribution in [2.75, 3.05) is 7.11 Å². The molecule has 1 aromatic carbocycles. The second-order valence-corrected chi connectivity index (χ2v) is 3.17. The minimum atomic E-state index is 0.185. The van der Waals surface area contributed by atoms with E-state index >= 15 is 0 Å². The number of benzene rings is 1. The topological polar surface area (TPSA) is 55.5 Å². The van der Waals surface area contributed by atoms with Crippen molar-refractivity contribution in [3.8, 4) is 11.5 Å². The summed E-state index contributed by atoms with van der Waals surface area (Å²) < 4.78 is 5.75. The van der Waals surface area contributed by atoms with Crippen LogP contribution in [0.1, 0.15) is 5.56 Å². The van der Waals surface area contributed by atoms with E-state index in [4.69, 9.17) is 10.5 Å². The molecule has 0 saturated carbocycles. The van der Waals surface area contributed by atoms with Crippen molar-refractivity contribution in [3.63, 3.8) is 0 Å². The normalized spacial score (nSPS) is 9.92. The molecular formula is C8H10BrNO2. The number of nitrogens with two attached hydrogens (primary N) is 1. The van der Waals surface area contributed by atoms with Crippen LogP contribution in [0, 0.1) is 0 Å². The van der Waals surface area contributed by atoms with Gasteiger partial charge in [0.15, 0.2) is 0 Å². The van der Waals surface area contributed by atoms with Gasteiger partial charge in [0.05, 0.1) is 11.6 Å². The maximum atomic E-state index is 9.35. The SMILES string of the molecule is COc1cc(CN)c(O)cc1Br. The van der Waals surface area contributed by atoms with Crippen LogP contribution < -0.4 is 10.5 Å². The minimum absolute atomic E-state index is 0.185. The number of phenolic OH excluding ortho intramolecular Hbond substituents is 1. The highest BCUT2D eigenvalue weighted by Crippen LogP contribution is 2.31. The number of rotatable bonds is 2. The summed E-state index contributed by atoms with van der Waals surface area (Å²) in [6.45, 7) is 0.301. The van der Waals surface area contributed by atoms with Crippen molar-refractivity contribution in [2.24, 2.45) is 5.73 Å². The summed E-state index contributed by atoms with van der Waals surface area (Å²) >= 11 is 3.24. The molecular weight excluding hydrogens is 222 g/mol. The Morgan fingerprint density at radius 1 is 1.58 bits per heavy atom. The highest BCUT2D eigenvalue weighted by Gasteiger charge is 2.05. The van der Waals surface area contributed by atoms with Gasteiger partial charge in [0, 0.05) is 12.1 Å². The number of methoxy groups -OCH3 is 1. The molecule has 0 heterocycles. The average molecular weight is 232 g/mol. The molecule has 0 aliphatic heterocycles. The van der Waals surface area contributed by atoms with Crippen molar-refractivity contribution in [3.05, 3.63) is 22.2 Å². The van der Waals surface area contributed by atoms with E-state index < -0.39 is 0 Å². The summed E-state index contributed by atoms with van der Waals surface area (Å²) in [6, 6.07) is 3.28. The van der Waals surface area contributed by atoms with Crippen molar-refractivity contribution < 1.29 is 9.84 Å². The van der Waals surface area contributed by atoms with E-state index in [1.807, 2.05) is 0 Å². The van der Waals surface area contributed by atoms with Crippen LogP contribution in [0.15, 0.2) is 16.6 Å². The Morgan fingerprint density at radius 2 is 2.25 bits per heavy atom. The van der Waals surface area contributed by atoms with Crippen LogP contribution in [0.5, 0.6) is 11.5 Å². The van der Waals surface area contributed by atoms with Crippen molar-refractivity contribution in [2.45, 2.75) is 6.54 Å². The average Bonchev–Trinajstić information content (AvgIpc) is 2.05. The fourth-order valence-electron chi connectivity index (χ4n) is 0.905. The lowest BCUT2D eigenvalue weighted by atomic mass is 10.2. The van der Waals surface area contributed by atoms with Gasteiger partial charge < -0.3 is 15.6 Å². The van der Waals surface area contributed by atoms with Gasteiger partial charge in [-0.3, -0.25) is 0 Å². The first-order valence-electron chi connectivity index (χ1n) is 3.44. The van der Waals surface area contributed by atoms with E-state index in [9.17, 15) is 5.11 Å². The molecule has 1 rings (SSSR count). The molecule has 66 valence electrons. The van der Waals surface area contributed by atoms with Crippen molar-refractivity contribution in [1.82, 2.24) is 0 Å². The molecule has 0 bridgehead atoms. The molecule has 3 N–H and O–H groups in total. The van der Waals surface area contributed by atoms with E-state index in [2.05, 4.69) is 15.9 Å². The minimum Gasteiger partial charge on any atom is -0.508 e. The Morgan fingerprint density at radius 3 is 2.75 bits per heavy atom. The van der Waals surface area contributed by atoms with E-state index in [0.29, 0.717) is 17.9 Å². The first-order chi connectivity index (χ1) is 5.69. The molecule has 0 spiro atoms. The van der Waals surface area contributed by atoms with Gasteiger partial charge in [-0.05, 0) is 28.1 Å². The third-order valence-electron chi connectivity index (χ3n) is 1.57. The number of aromatic hydroxyl groups is 1. The lowest BCUT2D eigenvalue weighted by molar-refractivity contribution is 0.408. The van der Waals surface area contributed by atoms with Crippen molar-refractivity contribution >= 4 is 15.9 Å². The quantitative estimate of drug-likeness (QED) is 0.814. The van der Waals surface area contributed by atoms with Crippen molar-refractivity contribution in [1.29, 1.82) is 0 Å². The summed E-state index contributed by atoms with van der Waals surface area (Å²) in [4.78, 5) is 0. The van der Waals surface area contributed by atoms with Gasteiger partial charge in [-0.25, -0.2) is 0 Å². The van der Waals surface area contributed by atoms with E-state index in [1.54, 1.807) is 19.2 Å². The molecule has 1 aromatic rings. The summed E-state index contributed by atoms with van der Waals surface area (Å²) in [5.74, 6) is 0.860. The third kappa shape index (κ3) is 1.70. The van der Waals surface area contributed by atoms with Crippen LogP contribution in [0.25, 0.3) is 0 Å². The van der Waals surface area contributed by atoms with Gasteiger partial charge in [-0.2, -0.15) is 0 Å². The summed E-state index contributed by atoms with van der Waals surface area (Å²) in [6.07, 6.45) is 0. The molecule has 0 radical (unpaired) electrons. The van der Waals surface area contributed by atoms with Crippen LogP contribution in [0.3, 0.4) is 0 Å². The molecule has 0 saturated heterocycles. The molecule has 3 nitrogen and oxygen atoms in total. The Balaban J connectivity index is 3.18. The van der Waals surface area contributed by atoms with Gasteiger partial charge in [0.25, 0.3) is 0 Å². The zero-order chi connectivity index (χ0) is 9.14. The first kappa shape index (κ1) is 9.35. The van der Waals surface area contributed by atoms with Gasteiger partial charge in [-0.15, -0.1) is 0 Å². The Bertz CT molecular complexity index is 263. The van der Waals surface area contributed by atoms with Crippen LogP contribution in [-0.4, -0.2) is 12.2 Å². The Labute approximate surface area is 79.3 Å². The smallest absolute Gasteiger partial charge is 0.133 e. The van der Waals surface area contributed by atoms with Crippen LogP contribution >= 0.6 is 15.9 Å². The standard InChI is InChI=1S/C8H10BrNO2/c1-12-8-2-5(4-10)7(11)3-6(8)9/h2-3,11H,4,10H2,1H3. The van der Waals surface area contributed by atoms with Gasteiger partial charge in [0.1, 0.15) is 11.5 Å². The molecule has 0 atom stereocenters. The predicted octanol–water partition coefficient (Wildman–Crippen LogP) is 1.62. The highest BCUT2D eigenvalue weighted by atomic mass is 79.9. The number of ether oxygens (including phenoxy) is 1. The van der Waals surface area contributed by atoms with Crippen LogP contribution in [0.2, 0.25) is 0 Å². The molecule has 4 heteroatoms. The molecule has 0 aliphatic carbocycles. The fourth-order valence-corrected chi connectivity index (χ4v) is 1.40. The number of halogens is 1. The van der Waals surface area contributed by atoms with Crippen LogP contribution in [0.4, 0.5) is 0 Å². The second-order valence-electron chi connectivity index (χ2n) is 2.32. The molecule has 0 unspecified atom stereocenters. The fraction of sp³-hybridized carbons (Fsp3) is 0.250. The van der Waals surface area contributed by atoms with Gasteiger partial charge >= 0.3 is 0 Å². The number of phenols is 1. The largest absolute Gasteiger partial charge is 0.508 e. The molecule has 0 fully saturated rings.